The van der Waals surface area contributed by atoms with E-state index in [0.717, 1.165) is 27.4 Å². The molecule has 208 valence electrons. The summed E-state index contributed by atoms with van der Waals surface area (Å²) in [4.78, 5) is 24.0. The lowest BCUT2D eigenvalue weighted by Crippen LogP contribution is -2.56. The van der Waals surface area contributed by atoms with E-state index in [1.165, 1.54) is 13.4 Å². The number of hydrogen-bond acceptors (Lipinski definition) is 8. The molecule has 5 rings (SSSR count). The van der Waals surface area contributed by atoms with Crippen molar-refractivity contribution >= 4 is 34.2 Å². The highest BCUT2D eigenvalue weighted by atomic mass is 19.4. The Morgan fingerprint density at radius 1 is 1.15 bits per heavy atom. The van der Waals surface area contributed by atoms with Crippen LogP contribution >= 0.6 is 0 Å². The molecule has 2 aliphatic heterocycles. The highest BCUT2D eigenvalue weighted by Crippen LogP contribution is 2.40. The lowest BCUT2D eigenvalue weighted by Gasteiger charge is -2.43. The fourth-order valence-electron chi connectivity index (χ4n) is 4.94. The highest BCUT2D eigenvalue weighted by molar-refractivity contribution is 5.94. The molecule has 0 radical (unpaired) electrons. The Labute approximate surface area is 223 Å². The number of aliphatic hydroxyl groups excluding tert-OH is 1. The van der Waals surface area contributed by atoms with Gasteiger partial charge in [-0.05, 0) is 57.0 Å². The Kier molecular flexibility index (Phi) is 6.79. The number of alkyl halides is 3. The van der Waals surface area contributed by atoms with Crippen molar-refractivity contribution in [3.63, 3.8) is 0 Å². The van der Waals surface area contributed by atoms with Crippen LogP contribution in [0.4, 0.5) is 35.2 Å². The van der Waals surface area contributed by atoms with Gasteiger partial charge in [0.15, 0.2) is 0 Å². The van der Waals surface area contributed by atoms with Crippen LogP contribution in [0, 0.1) is 0 Å². The van der Waals surface area contributed by atoms with Gasteiger partial charge >= 0.3 is 12.3 Å². The molecule has 3 heterocycles. The van der Waals surface area contributed by atoms with E-state index < -0.39 is 18.0 Å². The predicted molar refractivity (Wildman–Crippen MR) is 139 cm³/mol. The third-order valence-electron chi connectivity index (χ3n) is 6.83. The zero-order valence-corrected chi connectivity index (χ0v) is 22.0. The number of ether oxygens (including phenoxy) is 2. The number of amides is 1. The molecule has 1 aromatic heterocycles. The van der Waals surface area contributed by atoms with Crippen molar-refractivity contribution in [3.8, 4) is 5.75 Å². The molecule has 39 heavy (non-hydrogen) atoms. The second kappa shape index (κ2) is 9.83. The number of benzene rings is 2. The number of rotatable bonds is 5. The summed E-state index contributed by atoms with van der Waals surface area (Å²) in [5.41, 5.74) is 3.29. The number of halogens is 3. The summed E-state index contributed by atoms with van der Waals surface area (Å²) in [5.74, 6) is 0.781. The fourth-order valence-corrected chi connectivity index (χ4v) is 4.94. The number of carbonyl (C=O) groups excluding carboxylic acids is 1. The quantitative estimate of drug-likeness (QED) is 0.464. The molecule has 0 aliphatic carbocycles. The number of hydrogen-bond donors (Lipinski definition) is 2. The van der Waals surface area contributed by atoms with Crippen molar-refractivity contribution in [2.24, 2.45) is 0 Å². The molecule has 0 saturated carbocycles. The van der Waals surface area contributed by atoms with Crippen molar-refractivity contribution in [2.75, 3.05) is 37.0 Å². The summed E-state index contributed by atoms with van der Waals surface area (Å²) in [6, 6.07) is 9.24. The van der Waals surface area contributed by atoms with Gasteiger partial charge in [-0.25, -0.2) is 14.8 Å². The second-order valence-corrected chi connectivity index (χ2v) is 10.8. The van der Waals surface area contributed by atoms with E-state index in [1.54, 1.807) is 11.0 Å². The summed E-state index contributed by atoms with van der Waals surface area (Å²) in [7, 11) is 1.50. The highest BCUT2D eigenvalue weighted by Gasteiger charge is 2.47. The molecule has 1 atom stereocenters. The van der Waals surface area contributed by atoms with Gasteiger partial charge in [0.05, 0.1) is 18.3 Å². The molecule has 0 bridgehead atoms. The second-order valence-electron chi connectivity index (χ2n) is 10.8. The monoisotopic (exact) mass is 545 g/mol. The summed E-state index contributed by atoms with van der Waals surface area (Å²) in [6.45, 7) is 6.09. The van der Waals surface area contributed by atoms with E-state index in [1.807, 2.05) is 45.0 Å². The molecule has 2 aromatic carbocycles. The predicted octanol–water partition coefficient (Wildman–Crippen LogP) is 4.96. The topological polar surface area (TPSA) is 100 Å². The number of aromatic nitrogens is 2. The van der Waals surface area contributed by atoms with Crippen LogP contribution in [0.3, 0.4) is 0 Å². The van der Waals surface area contributed by atoms with Crippen molar-refractivity contribution in [3.05, 3.63) is 47.8 Å². The normalized spacial score (nSPS) is 17.1. The van der Waals surface area contributed by atoms with Crippen LogP contribution in [0.1, 0.15) is 37.8 Å². The van der Waals surface area contributed by atoms with Gasteiger partial charge in [-0.3, -0.25) is 9.80 Å². The zero-order valence-electron chi connectivity index (χ0n) is 22.0. The Balaban J connectivity index is 1.39. The fraction of sp³-hybridized carbons (Fsp3) is 0.444. The molecule has 2 N–H and O–H groups in total. The van der Waals surface area contributed by atoms with Gasteiger partial charge in [0.25, 0.3) is 0 Å². The minimum Gasteiger partial charge on any atom is -0.496 e. The van der Waals surface area contributed by atoms with Crippen molar-refractivity contribution in [2.45, 2.75) is 51.1 Å². The molecular weight excluding hydrogens is 515 g/mol. The van der Waals surface area contributed by atoms with Gasteiger partial charge in [-0.15, -0.1) is 0 Å². The summed E-state index contributed by atoms with van der Waals surface area (Å²) >= 11 is 0. The van der Waals surface area contributed by atoms with Gasteiger partial charge in [-0.1, -0.05) is 0 Å². The van der Waals surface area contributed by atoms with Crippen LogP contribution in [0.2, 0.25) is 0 Å². The molecular formula is C27H30F3N5O4. The first-order valence-corrected chi connectivity index (χ1v) is 12.6. The van der Waals surface area contributed by atoms with Crippen LogP contribution in [-0.4, -0.2) is 70.8 Å². The minimum atomic E-state index is -4.71. The standard InChI is InChI=1S/C27H30F3N5O4/c1-26(2,3)39-25(37)35-8-7-15-9-17(5-6-21(15)35)33-23-19-10-18(22(38-4)11-20(19)31-14-32-23)16-12-34(13-16)24(36)27(28,29)30/h5-6,9-11,14,16,24,36H,7-8,12-13H2,1-4H3,(H,31,32,33). The zero-order chi connectivity index (χ0) is 28.1. The number of nitrogens with zero attached hydrogens (tertiary/aromatic N) is 4. The number of anilines is 3. The van der Waals surface area contributed by atoms with E-state index in [-0.39, 0.29) is 25.1 Å². The van der Waals surface area contributed by atoms with Gasteiger partial charge in [0, 0.05) is 48.3 Å². The number of carbonyl (C=O) groups is 1. The summed E-state index contributed by atoms with van der Waals surface area (Å²) in [5, 5.41) is 13.6. The van der Waals surface area contributed by atoms with Crippen molar-refractivity contribution < 1.29 is 32.5 Å². The Hall–Kier alpha value is -3.64. The molecule has 12 heteroatoms. The van der Waals surface area contributed by atoms with E-state index in [9.17, 15) is 23.1 Å². The van der Waals surface area contributed by atoms with Crippen LogP contribution < -0.4 is 15.0 Å². The number of methoxy groups -OCH3 is 1. The van der Waals surface area contributed by atoms with Gasteiger partial charge < -0.3 is 19.9 Å². The lowest BCUT2D eigenvalue weighted by atomic mass is 9.89. The van der Waals surface area contributed by atoms with E-state index in [0.29, 0.717) is 35.4 Å². The van der Waals surface area contributed by atoms with E-state index in [4.69, 9.17) is 9.47 Å². The van der Waals surface area contributed by atoms with Gasteiger partial charge in [0.2, 0.25) is 6.23 Å². The van der Waals surface area contributed by atoms with Crippen LogP contribution in [0.5, 0.6) is 5.75 Å². The van der Waals surface area contributed by atoms with Crippen molar-refractivity contribution in [1.82, 2.24) is 14.9 Å². The number of likely N-dealkylation sites (tertiary alicyclic amines) is 1. The molecule has 3 aromatic rings. The average molecular weight is 546 g/mol. The van der Waals surface area contributed by atoms with Crippen molar-refractivity contribution in [1.29, 1.82) is 0 Å². The molecule has 9 nitrogen and oxygen atoms in total. The first-order chi connectivity index (χ1) is 18.3. The summed E-state index contributed by atoms with van der Waals surface area (Å²) < 4.78 is 49.8. The van der Waals surface area contributed by atoms with Crippen LogP contribution in [0.25, 0.3) is 10.9 Å². The molecule has 1 amide bonds. The first kappa shape index (κ1) is 26.9. The van der Waals surface area contributed by atoms with Crippen LogP contribution in [0.15, 0.2) is 36.7 Å². The smallest absolute Gasteiger partial charge is 0.428 e. The number of fused-ring (bicyclic) bond motifs is 2. The number of aliphatic hydroxyl groups is 1. The van der Waals surface area contributed by atoms with Crippen LogP contribution in [-0.2, 0) is 11.2 Å². The third kappa shape index (κ3) is 5.44. The SMILES string of the molecule is COc1cc2ncnc(Nc3ccc4c(c3)CCN4C(=O)OC(C)(C)C)c2cc1C1CN(C(O)C(F)(F)F)C1. The average Bonchev–Trinajstić information content (AvgIpc) is 3.25. The van der Waals surface area contributed by atoms with Gasteiger partial charge in [-0.2, -0.15) is 13.2 Å². The van der Waals surface area contributed by atoms with E-state index >= 15 is 0 Å². The minimum absolute atomic E-state index is 0.0396. The van der Waals surface area contributed by atoms with Gasteiger partial charge in [0.1, 0.15) is 23.5 Å². The Morgan fingerprint density at radius 2 is 1.90 bits per heavy atom. The van der Waals surface area contributed by atoms with E-state index in [2.05, 4.69) is 15.3 Å². The summed E-state index contributed by atoms with van der Waals surface area (Å²) in [6.07, 6.45) is -5.48. The maximum absolute atomic E-state index is 12.9. The Morgan fingerprint density at radius 3 is 2.56 bits per heavy atom. The lowest BCUT2D eigenvalue weighted by molar-refractivity contribution is -0.261. The molecule has 0 spiro atoms. The Bertz CT molecular complexity index is 1400. The third-order valence-corrected chi connectivity index (χ3v) is 6.83. The number of nitrogens with one attached hydrogen (secondary N) is 1. The molecule has 1 fully saturated rings. The largest absolute Gasteiger partial charge is 0.496 e. The maximum Gasteiger partial charge on any atom is 0.428 e. The molecule has 2 aliphatic rings. The molecule has 1 unspecified atom stereocenters. The maximum atomic E-state index is 12.9. The first-order valence-electron chi connectivity index (χ1n) is 12.6. The molecule has 1 saturated heterocycles.